The van der Waals surface area contributed by atoms with Crippen molar-refractivity contribution in [2.24, 2.45) is 0 Å². The van der Waals surface area contributed by atoms with E-state index >= 15 is 0 Å². The van der Waals surface area contributed by atoms with Crippen molar-refractivity contribution in [2.75, 3.05) is 0 Å². The van der Waals surface area contributed by atoms with Crippen molar-refractivity contribution in [1.82, 2.24) is 10.6 Å². The summed E-state index contributed by atoms with van der Waals surface area (Å²) in [4.78, 5) is 12.1. The molecule has 0 aliphatic heterocycles. The van der Waals surface area contributed by atoms with Gasteiger partial charge in [0.1, 0.15) is 5.82 Å². The normalized spacial score (nSPS) is 13.4. The Labute approximate surface area is 140 Å². The summed E-state index contributed by atoms with van der Waals surface area (Å²) in [5.74, 6) is -0.489. The fraction of sp³-hybridized carbons (Fsp3) is 0.278. The summed E-state index contributed by atoms with van der Waals surface area (Å²) in [7, 11) is 0. The lowest BCUT2D eigenvalue weighted by Gasteiger charge is -2.20. The first-order valence-corrected chi connectivity index (χ1v) is 7.88. The molecule has 5 heteroatoms. The molecule has 2 unspecified atom stereocenters. The molecule has 3 nitrogen and oxygen atoms in total. The third kappa shape index (κ3) is 5.05. The van der Waals surface area contributed by atoms with Gasteiger partial charge < -0.3 is 5.32 Å². The van der Waals surface area contributed by atoms with E-state index in [4.69, 9.17) is 11.6 Å². The minimum atomic E-state index is -0.396. The lowest BCUT2D eigenvalue weighted by atomic mass is 10.1. The molecule has 2 rings (SSSR count). The van der Waals surface area contributed by atoms with Crippen LogP contribution in [-0.4, -0.2) is 11.9 Å². The van der Waals surface area contributed by atoms with Gasteiger partial charge in [-0.1, -0.05) is 41.9 Å². The van der Waals surface area contributed by atoms with Crippen LogP contribution in [0.1, 0.15) is 31.0 Å². The van der Waals surface area contributed by atoms with E-state index < -0.39 is 6.04 Å². The molecule has 2 aromatic rings. The number of amides is 1. The number of halogens is 2. The van der Waals surface area contributed by atoms with Gasteiger partial charge in [0, 0.05) is 23.2 Å². The predicted molar refractivity (Wildman–Crippen MR) is 90.7 cm³/mol. The molecule has 0 aliphatic rings. The highest BCUT2D eigenvalue weighted by Crippen LogP contribution is 2.16. The summed E-state index contributed by atoms with van der Waals surface area (Å²) in [6, 6.07) is 13.5. The summed E-state index contributed by atoms with van der Waals surface area (Å²) in [5.41, 5.74) is 1.52. The lowest BCUT2D eigenvalue weighted by Crippen LogP contribution is -2.42. The summed E-state index contributed by atoms with van der Waals surface area (Å²) in [6.45, 7) is 3.93. The smallest absolute Gasteiger partial charge is 0.237 e. The standard InChI is InChI=1S/C18H20ClFN2O/c1-12(14-7-9-16(19)10-8-14)22-13(2)18(23)21-11-15-5-3-4-6-17(15)20/h3-10,12-13,22H,11H2,1-2H3,(H,21,23). The average Bonchev–Trinajstić information content (AvgIpc) is 2.54. The van der Waals surface area contributed by atoms with E-state index in [9.17, 15) is 9.18 Å². The number of rotatable bonds is 6. The number of carbonyl (C=O) groups excluding carboxylic acids is 1. The average molecular weight is 335 g/mol. The monoisotopic (exact) mass is 334 g/mol. The molecule has 0 saturated heterocycles. The lowest BCUT2D eigenvalue weighted by molar-refractivity contribution is -0.123. The quantitative estimate of drug-likeness (QED) is 0.842. The largest absolute Gasteiger partial charge is 0.351 e. The van der Waals surface area contributed by atoms with Gasteiger partial charge in [0.25, 0.3) is 0 Å². The van der Waals surface area contributed by atoms with Gasteiger partial charge in [-0.05, 0) is 37.6 Å². The van der Waals surface area contributed by atoms with E-state index in [0.717, 1.165) is 5.56 Å². The molecule has 1 amide bonds. The van der Waals surface area contributed by atoms with Gasteiger partial charge in [0.2, 0.25) is 5.91 Å². The Balaban J connectivity index is 1.87. The molecular formula is C18H20ClFN2O. The van der Waals surface area contributed by atoms with Gasteiger partial charge >= 0.3 is 0 Å². The molecule has 0 bridgehead atoms. The third-order valence-corrected chi connectivity index (χ3v) is 3.93. The van der Waals surface area contributed by atoms with Crippen molar-refractivity contribution < 1.29 is 9.18 Å². The number of hydrogen-bond acceptors (Lipinski definition) is 2. The number of benzene rings is 2. The van der Waals surface area contributed by atoms with Crippen molar-refractivity contribution in [1.29, 1.82) is 0 Å². The van der Waals surface area contributed by atoms with Gasteiger partial charge in [0.05, 0.1) is 6.04 Å². The minimum absolute atomic E-state index is 0.00137. The fourth-order valence-corrected chi connectivity index (χ4v) is 2.40. The van der Waals surface area contributed by atoms with Crippen molar-refractivity contribution in [3.8, 4) is 0 Å². The minimum Gasteiger partial charge on any atom is -0.351 e. The van der Waals surface area contributed by atoms with Crippen molar-refractivity contribution in [3.05, 3.63) is 70.5 Å². The Morgan fingerprint density at radius 2 is 1.78 bits per heavy atom. The molecule has 23 heavy (non-hydrogen) atoms. The van der Waals surface area contributed by atoms with E-state index in [0.29, 0.717) is 10.6 Å². The van der Waals surface area contributed by atoms with Crippen LogP contribution in [0.15, 0.2) is 48.5 Å². The second-order valence-electron chi connectivity index (χ2n) is 5.47. The highest BCUT2D eigenvalue weighted by molar-refractivity contribution is 6.30. The van der Waals surface area contributed by atoms with Crippen molar-refractivity contribution in [2.45, 2.75) is 32.5 Å². The SMILES string of the molecule is CC(NC(C)c1ccc(Cl)cc1)C(=O)NCc1ccccc1F. The first kappa shape index (κ1) is 17.4. The maximum absolute atomic E-state index is 13.5. The van der Waals surface area contributed by atoms with Gasteiger partial charge in [-0.15, -0.1) is 0 Å². The van der Waals surface area contributed by atoms with Crippen LogP contribution in [-0.2, 0) is 11.3 Å². The Hall–Kier alpha value is -1.91. The van der Waals surface area contributed by atoms with Crippen LogP contribution < -0.4 is 10.6 Å². The number of nitrogens with one attached hydrogen (secondary N) is 2. The van der Waals surface area contributed by atoms with Crippen molar-refractivity contribution >= 4 is 17.5 Å². The molecular weight excluding hydrogens is 315 g/mol. The first-order valence-electron chi connectivity index (χ1n) is 7.50. The van der Waals surface area contributed by atoms with Crippen LogP contribution in [0.25, 0.3) is 0 Å². The fourth-order valence-electron chi connectivity index (χ4n) is 2.28. The van der Waals surface area contributed by atoms with E-state index in [1.165, 1.54) is 6.07 Å². The highest BCUT2D eigenvalue weighted by Gasteiger charge is 2.16. The van der Waals surface area contributed by atoms with Crippen LogP contribution in [0.5, 0.6) is 0 Å². The molecule has 2 aromatic carbocycles. The second kappa shape index (κ2) is 8.09. The molecule has 2 N–H and O–H groups in total. The Kier molecular flexibility index (Phi) is 6.13. The molecule has 0 saturated carbocycles. The van der Waals surface area contributed by atoms with E-state index in [1.54, 1.807) is 25.1 Å². The van der Waals surface area contributed by atoms with Gasteiger partial charge in [0.15, 0.2) is 0 Å². The molecule has 0 fully saturated rings. The van der Waals surface area contributed by atoms with Crippen LogP contribution in [0, 0.1) is 5.82 Å². The molecule has 122 valence electrons. The van der Waals surface area contributed by atoms with Crippen molar-refractivity contribution in [3.63, 3.8) is 0 Å². The predicted octanol–water partition coefficient (Wildman–Crippen LogP) is 3.83. The molecule has 0 aromatic heterocycles. The maximum atomic E-state index is 13.5. The van der Waals surface area contributed by atoms with E-state index in [1.807, 2.05) is 31.2 Å². The molecule has 0 heterocycles. The van der Waals surface area contributed by atoms with Crippen LogP contribution >= 0.6 is 11.6 Å². The zero-order valence-electron chi connectivity index (χ0n) is 13.1. The topological polar surface area (TPSA) is 41.1 Å². The zero-order chi connectivity index (χ0) is 16.8. The summed E-state index contributed by atoms with van der Waals surface area (Å²) >= 11 is 5.87. The summed E-state index contributed by atoms with van der Waals surface area (Å²) < 4.78 is 13.5. The Bertz CT molecular complexity index is 660. The van der Waals surface area contributed by atoms with Crippen LogP contribution in [0.4, 0.5) is 4.39 Å². The van der Waals surface area contributed by atoms with Crippen LogP contribution in [0.2, 0.25) is 5.02 Å². The third-order valence-electron chi connectivity index (χ3n) is 3.67. The van der Waals surface area contributed by atoms with Gasteiger partial charge in [-0.25, -0.2) is 4.39 Å². The first-order chi connectivity index (χ1) is 11.0. The Morgan fingerprint density at radius 3 is 2.43 bits per heavy atom. The second-order valence-corrected chi connectivity index (χ2v) is 5.91. The molecule has 0 spiro atoms. The summed E-state index contributed by atoms with van der Waals surface area (Å²) in [6.07, 6.45) is 0. The van der Waals surface area contributed by atoms with Gasteiger partial charge in [-0.3, -0.25) is 10.1 Å². The summed E-state index contributed by atoms with van der Waals surface area (Å²) in [5, 5.41) is 6.64. The zero-order valence-corrected chi connectivity index (χ0v) is 13.9. The van der Waals surface area contributed by atoms with E-state index in [-0.39, 0.29) is 24.3 Å². The maximum Gasteiger partial charge on any atom is 0.237 e. The molecule has 2 atom stereocenters. The highest BCUT2D eigenvalue weighted by atomic mass is 35.5. The number of carbonyl (C=O) groups is 1. The molecule has 0 radical (unpaired) electrons. The van der Waals surface area contributed by atoms with Gasteiger partial charge in [-0.2, -0.15) is 0 Å². The Morgan fingerprint density at radius 1 is 1.13 bits per heavy atom. The molecule has 0 aliphatic carbocycles. The van der Waals surface area contributed by atoms with E-state index in [2.05, 4.69) is 10.6 Å². The van der Waals surface area contributed by atoms with Crippen LogP contribution in [0.3, 0.4) is 0 Å². The number of hydrogen-bond donors (Lipinski definition) is 2.